The quantitative estimate of drug-likeness (QED) is 0.605. The Kier molecular flexibility index (Phi) is 8.29. The number of urea groups is 1. The van der Waals surface area contributed by atoms with Crippen LogP contribution in [0.3, 0.4) is 0 Å². The number of piperidine rings is 1. The number of ether oxygens (including phenoxy) is 1. The maximum absolute atomic E-state index is 12.7. The summed E-state index contributed by atoms with van der Waals surface area (Å²) in [5, 5.41) is 8.45. The molecule has 7 heteroatoms. The minimum absolute atomic E-state index is 0.0838. The van der Waals surface area contributed by atoms with Gasteiger partial charge in [-0.15, -0.1) is 0 Å². The van der Waals surface area contributed by atoms with Crippen molar-refractivity contribution in [2.24, 2.45) is 0 Å². The first-order valence-electron chi connectivity index (χ1n) is 10.8. The highest BCUT2D eigenvalue weighted by atomic mass is 16.5. The molecule has 1 heterocycles. The third-order valence-electron chi connectivity index (χ3n) is 5.57. The van der Waals surface area contributed by atoms with E-state index in [4.69, 9.17) is 4.74 Å². The molecule has 2 atom stereocenters. The van der Waals surface area contributed by atoms with E-state index in [2.05, 4.69) is 33.0 Å². The molecule has 3 amide bonds. The van der Waals surface area contributed by atoms with Crippen LogP contribution in [0.4, 0.5) is 10.5 Å². The van der Waals surface area contributed by atoms with Crippen molar-refractivity contribution >= 4 is 17.6 Å². The molecular weight excluding hydrogens is 392 g/mol. The summed E-state index contributed by atoms with van der Waals surface area (Å²) in [5.41, 5.74) is 1.82. The molecule has 0 bridgehead atoms. The maximum Gasteiger partial charge on any atom is 0.319 e. The number of carbonyl (C=O) groups is 2. The van der Waals surface area contributed by atoms with Crippen LogP contribution in [-0.2, 0) is 4.79 Å². The lowest BCUT2D eigenvalue weighted by molar-refractivity contribution is -0.122. The molecule has 3 rings (SSSR count). The molecule has 2 unspecified atom stereocenters. The Morgan fingerprint density at radius 3 is 2.32 bits per heavy atom. The number of benzene rings is 2. The van der Waals surface area contributed by atoms with Crippen LogP contribution in [0, 0.1) is 0 Å². The number of carbonyl (C=O) groups excluding carboxylic acids is 2. The highest BCUT2D eigenvalue weighted by Crippen LogP contribution is 2.25. The first-order valence-corrected chi connectivity index (χ1v) is 10.8. The monoisotopic (exact) mass is 424 g/mol. The lowest BCUT2D eigenvalue weighted by atomic mass is 10.0. The Morgan fingerprint density at radius 1 is 1.00 bits per heavy atom. The van der Waals surface area contributed by atoms with Crippen LogP contribution in [0.15, 0.2) is 54.6 Å². The summed E-state index contributed by atoms with van der Waals surface area (Å²) < 4.78 is 5.27. The van der Waals surface area contributed by atoms with E-state index >= 15 is 0 Å². The molecule has 7 nitrogen and oxygen atoms in total. The summed E-state index contributed by atoms with van der Waals surface area (Å²) >= 11 is 0. The second-order valence-corrected chi connectivity index (χ2v) is 7.82. The first kappa shape index (κ1) is 22.6. The second kappa shape index (κ2) is 11.4. The van der Waals surface area contributed by atoms with E-state index in [1.807, 2.05) is 30.3 Å². The molecule has 0 spiro atoms. The van der Waals surface area contributed by atoms with Gasteiger partial charge in [-0.3, -0.25) is 9.69 Å². The Bertz CT molecular complexity index is 836. The summed E-state index contributed by atoms with van der Waals surface area (Å²) in [7, 11) is 1.65. The SMILES string of the molecule is COc1ccc(C(CNC(=O)C(C)NC(=O)Nc2ccccc2)N2CCCCC2)cc1. The summed E-state index contributed by atoms with van der Waals surface area (Å²) in [5.74, 6) is 0.603. The number of anilines is 1. The Morgan fingerprint density at radius 2 is 1.68 bits per heavy atom. The molecule has 1 aliphatic heterocycles. The van der Waals surface area contributed by atoms with Crippen molar-refractivity contribution in [2.45, 2.75) is 38.3 Å². The van der Waals surface area contributed by atoms with Gasteiger partial charge in [0.05, 0.1) is 13.2 Å². The van der Waals surface area contributed by atoms with Crippen molar-refractivity contribution in [2.75, 3.05) is 32.1 Å². The van der Waals surface area contributed by atoms with Crippen molar-refractivity contribution in [3.63, 3.8) is 0 Å². The van der Waals surface area contributed by atoms with Gasteiger partial charge in [-0.25, -0.2) is 4.79 Å². The number of methoxy groups -OCH3 is 1. The van der Waals surface area contributed by atoms with Crippen LogP contribution in [0.1, 0.15) is 37.8 Å². The van der Waals surface area contributed by atoms with Crippen molar-refractivity contribution in [1.29, 1.82) is 0 Å². The number of hydrogen-bond donors (Lipinski definition) is 3. The molecule has 2 aromatic carbocycles. The summed E-state index contributed by atoms with van der Waals surface area (Å²) in [4.78, 5) is 27.3. The molecule has 1 aliphatic rings. The molecular formula is C24H32N4O3. The Labute approximate surface area is 184 Å². The van der Waals surface area contributed by atoms with Crippen LogP contribution in [0.5, 0.6) is 5.75 Å². The molecule has 166 valence electrons. The van der Waals surface area contributed by atoms with Crippen LogP contribution in [0.2, 0.25) is 0 Å². The molecule has 0 saturated carbocycles. The third-order valence-corrected chi connectivity index (χ3v) is 5.57. The molecule has 0 radical (unpaired) electrons. The van der Waals surface area contributed by atoms with Crippen molar-refractivity contribution < 1.29 is 14.3 Å². The number of rotatable bonds is 8. The largest absolute Gasteiger partial charge is 0.497 e. The highest BCUT2D eigenvalue weighted by Gasteiger charge is 2.24. The first-order chi connectivity index (χ1) is 15.1. The number of amides is 3. The van der Waals surface area contributed by atoms with Gasteiger partial charge in [0.15, 0.2) is 0 Å². The van der Waals surface area contributed by atoms with Crippen molar-refractivity contribution in [1.82, 2.24) is 15.5 Å². The molecule has 2 aromatic rings. The second-order valence-electron chi connectivity index (χ2n) is 7.82. The molecule has 3 N–H and O–H groups in total. The van der Waals surface area contributed by atoms with Gasteiger partial charge in [-0.1, -0.05) is 36.8 Å². The van der Waals surface area contributed by atoms with Crippen LogP contribution in [0.25, 0.3) is 0 Å². The predicted molar refractivity (Wildman–Crippen MR) is 122 cm³/mol. The molecule has 1 fully saturated rings. The normalized spacial score (nSPS) is 16.1. The van der Waals surface area contributed by atoms with Crippen molar-refractivity contribution in [3.8, 4) is 5.75 Å². The standard InChI is InChI=1S/C24H32N4O3/c1-18(26-24(30)27-20-9-5-3-6-10-20)23(29)25-17-22(28-15-7-4-8-16-28)19-11-13-21(31-2)14-12-19/h3,5-6,9-14,18,22H,4,7-8,15-17H2,1-2H3,(H,25,29)(H2,26,27,30). The number of hydrogen-bond acceptors (Lipinski definition) is 4. The number of likely N-dealkylation sites (tertiary alicyclic amines) is 1. The van der Waals surface area contributed by atoms with Gasteiger partial charge < -0.3 is 20.7 Å². The number of nitrogens with one attached hydrogen (secondary N) is 3. The van der Waals surface area contributed by atoms with Gasteiger partial charge in [0.25, 0.3) is 0 Å². The summed E-state index contributed by atoms with van der Waals surface area (Å²) in [6.45, 7) is 4.19. The van der Waals surface area contributed by atoms with Crippen LogP contribution in [-0.4, -0.2) is 49.6 Å². The van der Waals surface area contributed by atoms with Crippen LogP contribution < -0.4 is 20.7 Å². The molecule has 1 saturated heterocycles. The lowest BCUT2D eigenvalue weighted by Gasteiger charge is -2.35. The number of para-hydroxylation sites is 1. The van der Waals surface area contributed by atoms with Crippen molar-refractivity contribution in [3.05, 3.63) is 60.2 Å². The average molecular weight is 425 g/mol. The maximum atomic E-state index is 12.7. The molecule has 0 aromatic heterocycles. The van der Waals surface area contributed by atoms with Gasteiger partial charge in [0.2, 0.25) is 5.91 Å². The van der Waals surface area contributed by atoms with Gasteiger partial charge in [0.1, 0.15) is 11.8 Å². The van der Waals surface area contributed by atoms with Crippen LogP contribution >= 0.6 is 0 Å². The minimum atomic E-state index is -0.651. The van der Waals surface area contributed by atoms with E-state index in [-0.39, 0.29) is 11.9 Å². The zero-order chi connectivity index (χ0) is 22.1. The van der Waals surface area contributed by atoms with Gasteiger partial charge in [-0.2, -0.15) is 0 Å². The van der Waals surface area contributed by atoms with Gasteiger partial charge in [-0.05, 0) is 62.7 Å². The third kappa shape index (κ3) is 6.72. The molecule has 0 aliphatic carbocycles. The highest BCUT2D eigenvalue weighted by molar-refractivity contribution is 5.93. The van der Waals surface area contributed by atoms with E-state index in [1.165, 1.54) is 6.42 Å². The predicted octanol–water partition coefficient (Wildman–Crippen LogP) is 3.55. The summed E-state index contributed by atoms with van der Waals surface area (Å²) in [6.07, 6.45) is 3.58. The van der Waals surface area contributed by atoms with E-state index in [0.717, 1.165) is 37.2 Å². The zero-order valence-corrected chi connectivity index (χ0v) is 18.3. The summed E-state index contributed by atoms with van der Waals surface area (Å²) in [6, 6.07) is 16.2. The zero-order valence-electron chi connectivity index (χ0n) is 18.3. The topological polar surface area (TPSA) is 82.7 Å². The smallest absolute Gasteiger partial charge is 0.319 e. The fourth-order valence-electron chi connectivity index (χ4n) is 3.82. The fourth-order valence-corrected chi connectivity index (χ4v) is 3.82. The van der Waals surface area contributed by atoms with Gasteiger partial charge >= 0.3 is 6.03 Å². The van der Waals surface area contributed by atoms with E-state index in [9.17, 15) is 9.59 Å². The Hall–Kier alpha value is -3.06. The van der Waals surface area contributed by atoms with Gasteiger partial charge in [0, 0.05) is 12.2 Å². The number of nitrogens with zero attached hydrogens (tertiary/aromatic N) is 1. The fraction of sp³-hybridized carbons (Fsp3) is 0.417. The van der Waals surface area contributed by atoms with E-state index in [1.54, 1.807) is 26.2 Å². The Balaban J connectivity index is 1.57. The van der Waals surface area contributed by atoms with E-state index in [0.29, 0.717) is 12.2 Å². The molecule has 31 heavy (non-hydrogen) atoms. The average Bonchev–Trinajstić information content (AvgIpc) is 2.80. The minimum Gasteiger partial charge on any atom is -0.497 e. The van der Waals surface area contributed by atoms with E-state index < -0.39 is 12.1 Å². The lowest BCUT2D eigenvalue weighted by Crippen LogP contribution is -2.48.